The van der Waals surface area contributed by atoms with Crippen LogP contribution in [0.3, 0.4) is 0 Å². The van der Waals surface area contributed by atoms with Crippen molar-refractivity contribution in [2.75, 3.05) is 0 Å². The van der Waals surface area contributed by atoms with Gasteiger partial charge in [0.1, 0.15) is 0 Å². The van der Waals surface area contributed by atoms with E-state index in [0.717, 1.165) is 0 Å². The average molecular weight is 198 g/mol. The summed E-state index contributed by atoms with van der Waals surface area (Å²) in [5.74, 6) is -0.796. The number of phosphoric acid groups is 1. The van der Waals surface area contributed by atoms with Gasteiger partial charge in [-0.2, -0.15) is 0 Å². The minimum absolute atomic E-state index is 0.263. The van der Waals surface area contributed by atoms with E-state index in [1.165, 1.54) is 0 Å². The molecule has 1 aliphatic rings. The van der Waals surface area contributed by atoms with Crippen LogP contribution in [0.1, 0.15) is 12.8 Å². The quantitative estimate of drug-likeness (QED) is 0.257. The topological polar surface area (TPSA) is 121 Å². The third-order valence-electron chi connectivity index (χ3n) is 0.761. The summed E-state index contributed by atoms with van der Waals surface area (Å²) in [7, 11) is -4.64. The first kappa shape index (κ1) is 11.2. The molecule has 0 spiro atoms. The molecule has 0 aliphatic carbocycles. The molecule has 0 aromatic heterocycles. The number of esters is 2. The first-order valence-corrected chi connectivity index (χ1v) is 4.37. The average Bonchev–Trinajstić information content (AvgIpc) is 2.09. The van der Waals surface area contributed by atoms with Crippen molar-refractivity contribution in [3.63, 3.8) is 0 Å². The molecule has 0 aromatic rings. The van der Waals surface area contributed by atoms with Crippen molar-refractivity contribution in [2.24, 2.45) is 0 Å². The summed E-state index contributed by atoms with van der Waals surface area (Å²) in [6.45, 7) is 0. The van der Waals surface area contributed by atoms with E-state index in [-0.39, 0.29) is 12.8 Å². The fraction of sp³-hybridized carbons (Fsp3) is 0.500. The van der Waals surface area contributed by atoms with Crippen LogP contribution in [0.15, 0.2) is 0 Å². The van der Waals surface area contributed by atoms with Gasteiger partial charge in [-0.3, -0.25) is 9.59 Å². The van der Waals surface area contributed by atoms with E-state index in [4.69, 9.17) is 19.2 Å². The van der Waals surface area contributed by atoms with Crippen molar-refractivity contribution in [2.45, 2.75) is 12.8 Å². The molecule has 7 nitrogen and oxygen atoms in total. The number of hydrogen-bond donors (Lipinski definition) is 3. The van der Waals surface area contributed by atoms with Gasteiger partial charge in [-0.25, -0.2) is 4.57 Å². The molecule has 0 saturated carbocycles. The highest BCUT2D eigenvalue weighted by atomic mass is 31.2. The van der Waals surface area contributed by atoms with E-state index >= 15 is 0 Å². The molecule has 1 rings (SSSR count). The molecule has 12 heavy (non-hydrogen) atoms. The second kappa shape index (κ2) is 4.32. The number of carbonyl (C=O) groups is 2. The highest BCUT2D eigenvalue weighted by Crippen LogP contribution is 2.25. The van der Waals surface area contributed by atoms with Gasteiger partial charge in [0.15, 0.2) is 0 Å². The second-order valence-corrected chi connectivity index (χ2v) is 2.89. The predicted octanol–water partition coefficient (Wildman–Crippen LogP) is -1.08. The molecule has 0 aromatic carbocycles. The van der Waals surface area contributed by atoms with E-state index in [0.29, 0.717) is 0 Å². The van der Waals surface area contributed by atoms with Gasteiger partial charge in [0, 0.05) is 0 Å². The normalized spacial score (nSPS) is 16.6. The van der Waals surface area contributed by atoms with E-state index in [1.807, 2.05) is 0 Å². The third kappa shape index (κ3) is 9.25. The summed E-state index contributed by atoms with van der Waals surface area (Å²) >= 11 is 0. The minimum atomic E-state index is -4.64. The Labute approximate surface area is 67.2 Å². The number of cyclic esters (lactones) is 2. The first-order valence-electron chi connectivity index (χ1n) is 2.81. The van der Waals surface area contributed by atoms with E-state index in [1.54, 1.807) is 0 Å². The maximum absolute atomic E-state index is 10.0. The Morgan fingerprint density at radius 2 is 1.33 bits per heavy atom. The maximum atomic E-state index is 10.0. The molecule has 0 unspecified atom stereocenters. The highest BCUT2D eigenvalue weighted by Gasteiger charge is 2.19. The van der Waals surface area contributed by atoms with Gasteiger partial charge in [0.2, 0.25) is 0 Å². The summed E-state index contributed by atoms with van der Waals surface area (Å²) in [5, 5.41) is 0. The Balaban J connectivity index is 0.000000217. The van der Waals surface area contributed by atoms with E-state index in [2.05, 4.69) is 4.74 Å². The van der Waals surface area contributed by atoms with Gasteiger partial charge >= 0.3 is 19.8 Å². The van der Waals surface area contributed by atoms with Crippen LogP contribution >= 0.6 is 7.82 Å². The van der Waals surface area contributed by atoms with Crippen molar-refractivity contribution < 1.29 is 33.6 Å². The molecule has 0 radical (unpaired) electrons. The largest absolute Gasteiger partial charge is 0.466 e. The zero-order chi connectivity index (χ0) is 9.78. The van der Waals surface area contributed by atoms with Gasteiger partial charge in [0.05, 0.1) is 12.8 Å². The number of rotatable bonds is 0. The monoisotopic (exact) mass is 198 g/mol. The van der Waals surface area contributed by atoms with Crippen LogP contribution in [0, 0.1) is 0 Å². The Hall–Kier alpha value is -0.750. The third-order valence-corrected chi connectivity index (χ3v) is 0.761. The fourth-order valence-electron chi connectivity index (χ4n) is 0.433. The summed E-state index contributed by atoms with van der Waals surface area (Å²) in [5.41, 5.74) is 0. The number of carbonyl (C=O) groups excluding carboxylic acids is 2. The molecule has 8 heteroatoms. The van der Waals surface area contributed by atoms with Crippen LogP contribution in [0.25, 0.3) is 0 Å². The predicted molar refractivity (Wildman–Crippen MR) is 34.6 cm³/mol. The molecule has 1 saturated heterocycles. The molecule has 70 valence electrons. The SMILES string of the molecule is O=C1CCC(=O)O1.O=P(O)(O)O. The molecule has 0 amide bonds. The molecule has 0 bridgehead atoms. The van der Waals surface area contributed by atoms with Gasteiger partial charge < -0.3 is 19.4 Å². The lowest BCUT2D eigenvalue weighted by molar-refractivity contribution is -0.151. The summed E-state index contributed by atoms with van der Waals surface area (Å²) in [6.07, 6.45) is 0.525. The Kier molecular flexibility index (Phi) is 4.05. The van der Waals surface area contributed by atoms with Crippen LogP contribution in [-0.4, -0.2) is 26.6 Å². The zero-order valence-corrected chi connectivity index (χ0v) is 6.73. The summed E-state index contributed by atoms with van der Waals surface area (Å²) < 4.78 is 13.0. The van der Waals surface area contributed by atoms with Crippen LogP contribution in [0.4, 0.5) is 0 Å². The van der Waals surface area contributed by atoms with Gasteiger partial charge in [-0.15, -0.1) is 0 Å². The molecule has 1 aliphatic heterocycles. The number of ether oxygens (including phenoxy) is 1. The summed E-state index contributed by atoms with van der Waals surface area (Å²) in [6, 6.07) is 0. The van der Waals surface area contributed by atoms with E-state index in [9.17, 15) is 9.59 Å². The fourth-order valence-corrected chi connectivity index (χ4v) is 0.433. The van der Waals surface area contributed by atoms with Crippen molar-refractivity contribution in [1.29, 1.82) is 0 Å². The zero-order valence-electron chi connectivity index (χ0n) is 5.84. The lowest BCUT2D eigenvalue weighted by Gasteiger charge is -1.82. The minimum Gasteiger partial charge on any atom is -0.393 e. The van der Waals surface area contributed by atoms with Crippen LogP contribution in [0.2, 0.25) is 0 Å². The Bertz CT molecular complexity index is 205. The maximum Gasteiger partial charge on any atom is 0.466 e. The lowest BCUT2D eigenvalue weighted by atomic mass is 10.4. The Morgan fingerprint density at radius 3 is 1.42 bits per heavy atom. The highest BCUT2D eigenvalue weighted by molar-refractivity contribution is 7.45. The summed E-state index contributed by atoms with van der Waals surface area (Å²) in [4.78, 5) is 41.6. The second-order valence-electron chi connectivity index (χ2n) is 1.86. The van der Waals surface area contributed by atoms with Crippen molar-refractivity contribution in [1.82, 2.24) is 0 Å². The smallest absolute Gasteiger partial charge is 0.393 e. The van der Waals surface area contributed by atoms with Gasteiger partial charge in [-0.1, -0.05) is 0 Å². The lowest BCUT2D eigenvalue weighted by Crippen LogP contribution is -1.94. The van der Waals surface area contributed by atoms with Gasteiger partial charge in [0.25, 0.3) is 0 Å². The molecule has 1 heterocycles. The standard InChI is InChI=1S/C4H4O3.H3O4P/c5-3-1-2-4(6)7-3;1-5(2,3)4/h1-2H2;(H3,1,2,3,4). The van der Waals surface area contributed by atoms with Crippen LogP contribution < -0.4 is 0 Å². The molecule has 3 N–H and O–H groups in total. The van der Waals surface area contributed by atoms with Crippen molar-refractivity contribution in [3.8, 4) is 0 Å². The molecule has 1 fully saturated rings. The molecule has 0 atom stereocenters. The Morgan fingerprint density at radius 1 is 1.08 bits per heavy atom. The van der Waals surface area contributed by atoms with Crippen molar-refractivity contribution >= 4 is 19.8 Å². The molecular formula is C4H7O7P. The number of hydrogen-bond acceptors (Lipinski definition) is 4. The van der Waals surface area contributed by atoms with Crippen LogP contribution in [0.5, 0.6) is 0 Å². The van der Waals surface area contributed by atoms with Crippen molar-refractivity contribution in [3.05, 3.63) is 0 Å². The first-order chi connectivity index (χ1) is 5.29. The van der Waals surface area contributed by atoms with Crippen LogP contribution in [-0.2, 0) is 18.9 Å². The van der Waals surface area contributed by atoms with Gasteiger partial charge in [-0.05, 0) is 0 Å². The molecular weight excluding hydrogens is 191 g/mol. The van der Waals surface area contributed by atoms with E-state index < -0.39 is 19.8 Å².